The Bertz CT molecular complexity index is 743. The van der Waals surface area contributed by atoms with Gasteiger partial charge in [-0.25, -0.2) is 4.68 Å². The van der Waals surface area contributed by atoms with Crippen molar-refractivity contribution >= 4 is 23.0 Å². The molecule has 0 bridgehead atoms. The zero-order chi connectivity index (χ0) is 13.4. The monoisotopic (exact) mass is 280 g/mol. The molecule has 0 aliphatic carbocycles. The molecule has 3 aromatic rings. The van der Waals surface area contributed by atoms with Crippen LogP contribution in [-0.2, 0) is 0 Å². The highest BCUT2D eigenvalue weighted by Crippen LogP contribution is 2.33. The summed E-state index contributed by atoms with van der Waals surface area (Å²) >= 11 is 1.73. The summed E-state index contributed by atoms with van der Waals surface area (Å²) in [5, 5.41) is 9.75. The predicted octanol–water partition coefficient (Wildman–Crippen LogP) is 3.40. The molecule has 5 heteroatoms. The van der Waals surface area contributed by atoms with Crippen molar-refractivity contribution in [1.29, 1.82) is 0 Å². The van der Waals surface area contributed by atoms with Crippen LogP contribution in [0.2, 0.25) is 0 Å². The lowest BCUT2D eigenvalue weighted by Gasteiger charge is -2.23. The van der Waals surface area contributed by atoms with Crippen LogP contribution in [0.5, 0.6) is 0 Å². The van der Waals surface area contributed by atoms with Crippen LogP contribution in [-0.4, -0.2) is 14.8 Å². The van der Waals surface area contributed by atoms with Gasteiger partial charge < -0.3 is 5.32 Å². The molecular formula is C15H12N4S. The molecule has 1 N–H and O–H groups in total. The summed E-state index contributed by atoms with van der Waals surface area (Å²) in [4.78, 5) is 5.55. The van der Waals surface area contributed by atoms with Crippen LogP contribution in [0.25, 0.3) is 5.70 Å². The van der Waals surface area contributed by atoms with Crippen LogP contribution in [0.1, 0.15) is 16.5 Å². The molecule has 20 heavy (non-hydrogen) atoms. The van der Waals surface area contributed by atoms with Gasteiger partial charge in [0, 0.05) is 10.6 Å². The minimum Gasteiger partial charge on any atom is -0.324 e. The van der Waals surface area contributed by atoms with Gasteiger partial charge in [-0.3, -0.25) is 0 Å². The minimum atomic E-state index is 0.101. The molecule has 1 aliphatic heterocycles. The van der Waals surface area contributed by atoms with Gasteiger partial charge in [-0.15, -0.1) is 11.3 Å². The van der Waals surface area contributed by atoms with Crippen molar-refractivity contribution in [3.05, 3.63) is 70.7 Å². The Kier molecular flexibility index (Phi) is 2.63. The van der Waals surface area contributed by atoms with Gasteiger partial charge in [0.25, 0.3) is 0 Å². The molecule has 0 spiro atoms. The number of rotatable bonds is 2. The van der Waals surface area contributed by atoms with Crippen molar-refractivity contribution in [2.45, 2.75) is 6.04 Å². The Hall–Kier alpha value is -2.40. The van der Waals surface area contributed by atoms with E-state index in [0.29, 0.717) is 0 Å². The fraction of sp³-hybridized carbons (Fsp3) is 0.0667. The molecule has 0 amide bonds. The molecule has 0 unspecified atom stereocenters. The fourth-order valence-corrected chi connectivity index (χ4v) is 3.16. The molecule has 1 aliphatic rings. The van der Waals surface area contributed by atoms with Crippen LogP contribution in [0.4, 0.5) is 5.95 Å². The average molecular weight is 280 g/mol. The fourth-order valence-electron chi connectivity index (χ4n) is 2.38. The van der Waals surface area contributed by atoms with Gasteiger partial charge in [0.2, 0.25) is 5.95 Å². The predicted molar refractivity (Wildman–Crippen MR) is 80.5 cm³/mol. The Morgan fingerprint density at radius 3 is 2.80 bits per heavy atom. The molecule has 0 saturated heterocycles. The van der Waals surface area contributed by atoms with E-state index in [0.717, 1.165) is 17.2 Å². The summed E-state index contributed by atoms with van der Waals surface area (Å²) in [5.74, 6) is 0.782. The summed E-state index contributed by atoms with van der Waals surface area (Å²) in [6, 6.07) is 14.6. The normalized spacial score (nSPS) is 17.2. The molecule has 1 atom stereocenters. The second-order valence-electron chi connectivity index (χ2n) is 4.56. The number of benzene rings is 1. The number of fused-ring (bicyclic) bond motifs is 1. The molecule has 98 valence electrons. The number of nitrogens with one attached hydrogen (secondary N) is 1. The molecule has 0 fully saturated rings. The highest BCUT2D eigenvalue weighted by Gasteiger charge is 2.23. The summed E-state index contributed by atoms with van der Waals surface area (Å²) in [6.45, 7) is 0. The highest BCUT2D eigenvalue weighted by molar-refractivity contribution is 7.10. The third-order valence-electron chi connectivity index (χ3n) is 3.33. The van der Waals surface area contributed by atoms with Gasteiger partial charge >= 0.3 is 0 Å². The number of thiophene rings is 1. The van der Waals surface area contributed by atoms with E-state index in [-0.39, 0.29) is 6.04 Å². The SMILES string of the molecule is C1=C(c2ccccc2)Nc2ncnn2[C@@H]1c1cccs1. The largest absolute Gasteiger partial charge is 0.324 e. The Labute approximate surface area is 120 Å². The number of allylic oxidation sites excluding steroid dienone is 1. The molecule has 2 aromatic heterocycles. The molecule has 0 radical (unpaired) electrons. The van der Waals surface area contributed by atoms with Crippen molar-refractivity contribution < 1.29 is 0 Å². The van der Waals surface area contributed by atoms with Crippen molar-refractivity contribution in [2.24, 2.45) is 0 Å². The van der Waals surface area contributed by atoms with E-state index in [4.69, 9.17) is 0 Å². The number of nitrogens with zero attached hydrogens (tertiary/aromatic N) is 3. The van der Waals surface area contributed by atoms with Gasteiger partial charge in [0.15, 0.2) is 0 Å². The maximum Gasteiger partial charge on any atom is 0.226 e. The van der Waals surface area contributed by atoms with E-state index >= 15 is 0 Å². The van der Waals surface area contributed by atoms with Gasteiger partial charge in [-0.1, -0.05) is 36.4 Å². The maximum absolute atomic E-state index is 4.33. The first-order chi connectivity index (χ1) is 9.92. The highest BCUT2D eigenvalue weighted by atomic mass is 32.1. The molecule has 1 aromatic carbocycles. The maximum atomic E-state index is 4.33. The summed E-state index contributed by atoms with van der Waals surface area (Å²) in [5.41, 5.74) is 2.23. The van der Waals surface area contributed by atoms with E-state index < -0.39 is 0 Å². The lowest BCUT2D eigenvalue weighted by Crippen LogP contribution is -2.19. The Morgan fingerprint density at radius 1 is 1.10 bits per heavy atom. The summed E-state index contributed by atoms with van der Waals surface area (Å²) < 4.78 is 1.91. The molecule has 4 rings (SSSR count). The van der Waals surface area contributed by atoms with Crippen LogP contribution in [0.15, 0.2) is 60.2 Å². The Morgan fingerprint density at radius 2 is 2.00 bits per heavy atom. The number of hydrogen-bond acceptors (Lipinski definition) is 4. The summed E-state index contributed by atoms with van der Waals surface area (Å²) in [6.07, 6.45) is 3.79. The van der Waals surface area contributed by atoms with E-state index in [1.54, 1.807) is 17.7 Å². The van der Waals surface area contributed by atoms with Crippen molar-refractivity contribution in [3.63, 3.8) is 0 Å². The van der Waals surface area contributed by atoms with Crippen molar-refractivity contribution in [1.82, 2.24) is 14.8 Å². The average Bonchev–Trinajstić information content (AvgIpc) is 3.18. The first-order valence-corrected chi connectivity index (χ1v) is 7.27. The van der Waals surface area contributed by atoms with Gasteiger partial charge in [0.05, 0.1) is 0 Å². The molecular weight excluding hydrogens is 268 g/mol. The zero-order valence-corrected chi connectivity index (χ0v) is 11.4. The van der Waals surface area contributed by atoms with E-state index in [1.165, 1.54) is 4.88 Å². The molecule has 0 saturated carbocycles. The lowest BCUT2D eigenvalue weighted by atomic mass is 10.1. The van der Waals surface area contributed by atoms with Crippen molar-refractivity contribution in [2.75, 3.05) is 5.32 Å². The standard InChI is InChI=1S/C15H12N4S/c1-2-5-11(6-3-1)12-9-13(14-7-4-8-20-14)19-15(18-12)16-10-17-19/h1-10,13H,(H,16,17,18)/t13-/m0/s1. The first kappa shape index (κ1) is 11.4. The summed E-state index contributed by atoms with van der Waals surface area (Å²) in [7, 11) is 0. The van der Waals surface area contributed by atoms with E-state index in [1.807, 2.05) is 22.9 Å². The van der Waals surface area contributed by atoms with Gasteiger partial charge in [0.1, 0.15) is 12.4 Å². The van der Waals surface area contributed by atoms with Crippen LogP contribution < -0.4 is 5.32 Å². The van der Waals surface area contributed by atoms with Crippen LogP contribution in [0, 0.1) is 0 Å². The molecule has 3 heterocycles. The van der Waals surface area contributed by atoms with Gasteiger partial charge in [-0.2, -0.15) is 10.1 Å². The van der Waals surface area contributed by atoms with E-state index in [2.05, 4.69) is 51.1 Å². The third kappa shape index (κ3) is 1.83. The minimum absolute atomic E-state index is 0.101. The number of hydrogen-bond donors (Lipinski definition) is 1. The van der Waals surface area contributed by atoms with Gasteiger partial charge in [-0.05, 0) is 23.1 Å². The number of anilines is 1. The van der Waals surface area contributed by atoms with Crippen molar-refractivity contribution in [3.8, 4) is 0 Å². The second-order valence-corrected chi connectivity index (χ2v) is 5.54. The topological polar surface area (TPSA) is 42.7 Å². The first-order valence-electron chi connectivity index (χ1n) is 6.39. The second kappa shape index (κ2) is 4.61. The quantitative estimate of drug-likeness (QED) is 0.782. The van der Waals surface area contributed by atoms with E-state index in [9.17, 15) is 0 Å². The van der Waals surface area contributed by atoms with Crippen LogP contribution in [0.3, 0.4) is 0 Å². The Balaban J connectivity index is 1.83. The van der Waals surface area contributed by atoms with Crippen LogP contribution >= 0.6 is 11.3 Å². The molecule has 4 nitrogen and oxygen atoms in total. The number of aromatic nitrogens is 3. The lowest BCUT2D eigenvalue weighted by molar-refractivity contribution is 0.620. The smallest absolute Gasteiger partial charge is 0.226 e. The third-order valence-corrected chi connectivity index (χ3v) is 4.27. The zero-order valence-electron chi connectivity index (χ0n) is 10.6.